The van der Waals surface area contributed by atoms with Gasteiger partial charge in [-0.3, -0.25) is 0 Å². The zero-order chi connectivity index (χ0) is 15.1. The second-order valence-electron chi connectivity index (χ2n) is 4.81. The van der Waals surface area contributed by atoms with Gasteiger partial charge >= 0.3 is 0 Å². The van der Waals surface area contributed by atoms with Crippen molar-refractivity contribution in [3.05, 3.63) is 58.6 Å². The first-order valence-electron chi connectivity index (χ1n) is 6.94. The highest BCUT2D eigenvalue weighted by Crippen LogP contribution is 2.25. The molecule has 0 saturated carbocycles. The second-order valence-corrected chi connectivity index (χ2v) is 5.21. The molecule has 0 unspecified atom stereocenters. The van der Waals surface area contributed by atoms with Crippen LogP contribution in [-0.4, -0.2) is 20.3 Å². The van der Waals surface area contributed by atoms with Crippen LogP contribution < -0.4 is 14.8 Å². The van der Waals surface area contributed by atoms with Crippen LogP contribution in [0.3, 0.4) is 0 Å². The van der Waals surface area contributed by atoms with Crippen LogP contribution in [0.4, 0.5) is 0 Å². The molecule has 0 fully saturated rings. The molecule has 2 aromatic rings. The van der Waals surface area contributed by atoms with Crippen molar-refractivity contribution in [1.82, 2.24) is 5.32 Å². The zero-order valence-corrected chi connectivity index (χ0v) is 13.1. The molecular formula is C17H20ClNO2. The minimum absolute atomic E-state index is 0.460. The molecular weight excluding hydrogens is 286 g/mol. The smallest absolute Gasteiger partial charge is 0.138 e. The van der Waals surface area contributed by atoms with Crippen molar-refractivity contribution >= 4 is 11.6 Å². The monoisotopic (exact) mass is 305 g/mol. The van der Waals surface area contributed by atoms with Crippen molar-refractivity contribution in [2.24, 2.45) is 0 Å². The van der Waals surface area contributed by atoms with Crippen molar-refractivity contribution in [2.75, 3.05) is 20.3 Å². The lowest BCUT2D eigenvalue weighted by Gasteiger charge is -2.10. The maximum absolute atomic E-state index is 6.07. The van der Waals surface area contributed by atoms with Gasteiger partial charge in [0.2, 0.25) is 0 Å². The van der Waals surface area contributed by atoms with E-state index >= 15 is 0 Å². The summed E-state index contributed by atoms with van der Waals surface area (Å²) in [5, 5.41) is 3.73. The molecule has 1 N–H and O–H groups in total. The summed E-state index contributed by atoms with van der Waals surface area (Å²) < 4.78 is 11.3. The highest BCUT2D eigenvalue weighted by molar-refractivity contribution is 6.32. The lowest BCUT2D eigenvalue weighted by molar-refractivity contribution is 0.217. The predicted octanol–water partition coefficient (Wildman–Crippen LogP) is 3.83. The number of halogens is 1. The average molecular weight is 306 g/mol. The summed E-state index contributed by atoms with van der Waals surface area (Å²) in [6.07, 6.45) is 0. The van der Waals surface area contributed by atoms with Crippen LogP contribution in [0, 0.1) is 6.92 Å². The molecule has 0 saturated heterocycles. The van der Waals surface area contributed by atoms with Crippen molar-refractivity contribution in [2.45, 2.75) is 13.5 Å². The highest BCUT2D eigenvalue weighted by Gasteiger charge is 2.02. The van der Waals surface area contributed by atoms with Crippen LogP contribution in [-0.2, 0) is 6.54 Å². The standard InChI is InChI=1S/C17H20ClNO2/c1-13-3-8-16(18)17(11-13)21-10-9-20-15-6-4-14(5-7-15)12-19-2/h3-8,11,19H,9-10,12H2,1-2H3. The maximum atomic E-state index is 6.07. The molecule has 2 rings (SSSR count). The van der Waals surface area contributed by atoms with E-state index in [0.717, 1.165) is 17.9 Å². The highest BCUT2D eigenvalue weighted by atomic mass is 35.5. The zero-order valence-electron chi connectivity index (χ0n) is 12.4. The summed E-state index contributed by atoms with van der Waals surface area (Å²) in [5.41, 5.74) is 2.35. The van der Waals surface area contributed by atoms with E-state index in [2.05, 4.69) is 5.32 Å². The van der Waals surface area contributed by atoms with Gasteiger partial charge in [0, 0.05) is 6.54 Å². The van der Waals surface area contributed by atoms with Gasteiger partial charge in [-0.2, -0.15) is 0 Å². The largest absolute Gasteiger partial charge is 0.490 e. The summed E-state index contributed by atoms with van der Waals surface area (Å²) in [6, 6.07) is 13.7. The van der Waals surface area contributed by atoms with Gasteiger partial charge in [0.25, 0.3) is 0 Å². The fraction of sp³-hybridized carbons (Fsp3) is 0.294. The molecule has 3 nitrogen and oxygen atoms in total. The number of benzene rings is 2. The number of ether oxygens (including phenoxy) is 2. The minimum atomic E-state index is 0.460. The summed E-state index contributed by atoms with van der Waals surface area (Å²) in [7, 11) is 1.93. The third-order valence-electron chi connectivity index (χ3n) is 3.00. The van der Waals surface area contributed by atoms with Crippen LogP contribution in [0.25, 0.3) is 0 Å². The topological polar surface area (TPSA) is 30.5 Å². The van der Waals surface area contributed by atoms with Crippen LogP contribution in [0.15, 0.2) is 42.5 Å². The van der Waals surface area contributed by atoms with E-state index in [-0.39, 0.29) is 0 Å². The molecule has 0 aliphatic rings. The number of aryl methyl sites for hydroxylation is 1. The average Bonchev–Trinajstić information content (AvgIpc) is 2.49. The summed E-state index contributed by atoms with van der Waals surface area (Å²) in [4.78, 5) is 0. The van der Waals surface area contributed by atoms with Crippen molar-refractivity contribution in [3.8, 4) is 11.5 Å². The fourth-order valence-electron chi connectivity index (χ4n) is 1.94. The predicted molar refractivity (Wildman–Crippen MR) is 86.4 cm³/mol. The lowest BCUT2D eigenvalue weighted by Crippen LogP contribution is -2.09. The van der Waals surface area contributed by atoms with Gasteiger partial charge in [-0.05, 0) is 49.4 Å². The Kier molecular flexibility index (Phi) is 5.90. The number of hydrogen-bond acceptors (Lipinski definition) is 3. The number of nitrogens with one attached hydrogen (secondary N) is 1. The fourth-order valence-corrected chi connectivity index (χ4v) is 2.11. The van der Waals surface area contributed by atoms with E-state index in [1.54, 1.807) is 0 Å². The van der Waals surface area contributed by atoms with E-state index in [4.69, 9.17) is 21.1 Å². The molecule has 0 aromatic heterocycles. The molecule has 0 aliphatic carbocycles. The second kappa shape index (κ2) is 7.91. The van der Waals surface area contributed by atoms with Gasteiger partial charge < -0.3 is 14.8 Å². The van der Waals surface area contributed by atoms with Crippen molar-refractivity contribution in [3.63, 3.8) is 0 Å². The van der Waals surface area contributed by atoms with Crippen LogP contribution in [0.5, 0.6) is 11.5 Å². The molecule has 112 valence electrons. The molecule has 0 aliphatic heterocycles. The van der Waals surface area contributed by atoms with Gasteiger partial charge in [0.1, 0.15) is 24.7 Å². The Hall–Kier alpha value is -1.71. The molecule has 0 radical (unpaired) electrons. The summed E-state index contributed by atoms with van der Waals surface area (Å²) >= 11 is 6.07. The molecule has 0 bridgehead atoms. The molecule has 0 atom stereocenters. The quantitative estimate of drug-likeness (QED) is 0.789. The van der Waals surface area contributed by atoms with E-state index in [9.17, 15) is 0 Å². The van der Waals surface area contributed by atoms with Crippen LogP contribution in [0.1, 0.15) is 11.1 Å². The van der Waals surface area contributed by atoms with E-state index in [0.29, 0.717) is 24.0 Å². The number of rotatable bonds is 7. The van der Waals surface area contributed by atoms with Gasteiger partial charge in [-0.15, -0.1) is 0 Å². The minimum Gasteiger partial charge on any atom is -0.490 e. The summed E-state index contributed by atoms with van der Waals surface area (Å²) in [6.45, 7) is 3.80. The SMILES string of the molecule is CNCc1ccc(OCCOc2cc(C)ccc2Cl)cc1. The van der Waals surface area contributed by atoms with E-state index in [1.165, 1.54) is 5.56 Å². The third-order valence-corrected chi connectivity index (χ3v) is 3.31. The molecule has 4 heteroatoms. The molecule has 21 heavy (non-hydrogen) atoms. The Labute approximate surface area is 130 Å². The molecule has 0 amide bonds. The first kappa shape index (κ1) is 15.7. The van der Waals surface area contributed by atoms with Gasteiger partial charge in [0.05, 0.1) is 5.02 Å². The molecule has 0 spiro atoms. The van der Waals surface area contributed by atoms with E-state index < -0.39 is 0 Å². The Bertz CT molecular complexity index is 570. The lowest BCUT2D eigenvalue weighted by atomic mass is 10.2. The summed E-state index contributed by atoms with van der Waals surface area (Å²) in [5.74, 6) is 1.54. The van der Waals surface area contributed by atoms with Crippen molar-refractivity contribution < 1.29 is 9.47 Å². The van der Waals surface area contributed by atoms with Gasteiger partial charge in [-0.1, -0.05) is 29.8 Å². The normalized spacial score (nSPS) is 10.4. The Morgan fingerprint density at radius 1 is 1.00 bits per heavy atom. The van der Waals surface area contributed by atoms with Crippen molar-refractivity contribution in [1.29, 1.82) is 0 Å². The maximum Gasteiger partial charge on any atom is 0.138 e. The Morgan fingerprint density at radius 2 is 1.71 bits per heavy atom. The first-order valence-corrected chi connectivity index (χ1v) is 7.32. The molecule has 0 heterocycles. The van der Waals surface area contributed by atoms with Crippen LogP contribution >= 0.6 is 11.6 Å². The van der Waals surface area contributed by atoms with Gasteiger partial charge in [-0.25, -0.2) is 0 Å². The van der Waals surface area contributed by atoms with Gasteiger partial charge in [0.15, 0.2) is 0 Å². The first-order chi connectivity index (χ1) is 10.2. The third kappa shape index (κ3) is 4.96. The Balaban J connectivity index is 1.77. The Morgan fingerprint density at radius 3 is 2.43 bits per heavy atom. The number of hydrogen-bond donors (Lipinski definition) is 1. The van der Waals surface area contributed by atoms with Crippen LogP contribution in [0.2, 0.25) is 5.02 Å². The van der Waals surface area contributed by atoms with E-state index in [1.807, 2.05) is 56.4 Å². The molecule has 2 aromatic carbocycles.